The molecular weight excluding hydrogens is 636 g/mol. The van der Waals surface area contributed by atoms with Crippen LogP contribution in [-0.2, 0) is 18.9 Å². The van der Waals surface area contributed by atoms with Crippen LogP contribution < -0.4 is 10.6 Å². The number of ether oxygens (including phenoxy) is 4. The molecule has 45 heavy (non-hydrogen) atoms. The van der Waals surface area contributed by atoms with Crippen LogP contribution in [0, 0.1) is 23.2 Å². The number of methoxy groups -OCH3 is 2. The number of halogens is 4. The standard InChI is InChI=1S/C29H54F4N2O8Si2/c1-20(10-13-34-27(36)42-23-8-6-21(16-25(23)40-4)11-14-44(30,31)38)18-29(2,3)19-35-28(37)43-24-9-7-22(17-26(24)41-5)12-15-45(32,33)39/h20-26,38-39H,6-19H2,1-5H3,(H,34,36)(H,35,37). The molecule has 16 heteroatoms. The number of carbonyl (C=O) groups is 2. The van der Waals surface area contributed by atoms with Crippen LogP contribution in [0.2, 0.25) is 12.1 Å². The number of hydrogen-bond donors (Lipinski definition) is 4. The third kappa shape index (κ3) is 16.3. The minimum atomic E-state index is -5.08. The Bertz CT molecular complexity index is 912. The average Bonchev–Trinajstić information content (AvgIpc) is 2.94. The zero-order valence-electron chi connectivity index (χ0n) is 27.3. The number of hydrogen-bond acceptors (Lipinski definition) is 8. The highest BCUT2D eigenvalue weighted by Crippen LogP contribution is 2.34. The lowest BCUT2D eigenvalue weighted by atomic mass is 9.82. The van der Waals surface area contributed by atoms with Gasteiger partial charge in [-0.15, -0.1) is 0 Å². The molecule has 4 N–H and O–H groups in total. The Morgan fingerprint density at radius 2 is 1.24 bits per heavy atom. The van der Waals surface area contributed by atoms with E-state index >= 15 is 0 Å². The van der Waals surface area contributed by atoms with Crippen LogP contribution in [0.1, 0.15) is 85.0 Å². The molecule has 0 bridgehead atoms. The first kappa shape index (κ1) is 39.7. The first-order valence-electron chi connectivity index (χ1n) is 16.0. The van der Waals surface area contributed by atoms with Gasteiger partial charge in [0.15, 0.2) is 0 Å². The van der Waals surface area contributed by atoms with Gasteiger partial charge in [-0.3, -0.25) is 0 Å². The van der Waals surface area contributed by atoms with Crippen LogP contribution in [0.3, 0.4) is 0 Å². The van der Waals surface area contributed by atoms with Crippen molar-refractivity contribution in [2.45, 2.75) is 121 Å². The fourth-order valence-corrected chi connectivity index (χ4v) is 8.13. The summed E-state index contributed by atoms with van der Waals surface area (Å²) >= 11 is 0. The monoisotopic (exact) mass is 690 g/mol. The van der Waals surface area contributed by atoms with Gasteiger partial charge in [-0.2, -0.15) is 0 Å². The molecule has 0 aromatic rings. The molecule has 0 aromatic heterocycles. The van der Waals surface area contributed by atoms with E-state index in [4.69, 9.17) is 28.5 Å². The third-order valence-corrected chi connectivity index (χ3v) is 10.8. The summed E-state index contributed by atoms with van der Waals surface area (Å²) in [7, 11) is -7.14. The highest BCUT2D eigenvalue weighted by molar-refractivity contribution is 6.57. The van der Waals surface area contributed by atoms with E-state index in [1.54, 1.807) is 0 Å². The fourth-order valence-electron chi connectivity index (χ4n) is 6.62. The molecule has 2 aliphatic rings. The van der Waals surface area contributed by atoms with E-state index < -0.39 is 54.5 Å². The van der Waals surface area contributed by atoms with Gasteiger partial charge in [-0.1, -0.05) is 20.8 Å². The summed E-state index contributed by atoms with van der Waals surface area (Å²) in [6, 6.07) is -0.930. The number of nitrogens with one attached hydrogen (secondary N) is 2. The molecular formula is C29H54F4N2O8Si2. The van der Waals surface area contributed by atoms with Crippen LogP contribution >= 0.6 is 0 Å². The van der Waals surface area contributed by atoms with Crippen molar-refractivity contribution in [2.24, 2.45) is 23.2 Å². The molecule has 0 aromatic carbocycles. The van der Waals surface area contributed by atoms with Crippen molar-refractivity contribution >= 4 is 30.2 Å². The normalized spacial score (nSPS) is 27.0. The minimum absolute atomic E-state index is 0.00399. The Labute approximate surface area is 267 Å². The van der Waals surface area contributed by atoms with Crippen molar-refractivity contribution in [3.63, 3.8) is 0 Å². The predicted molar refractivity (Wildman–Crippen MR) is 164 cm³/mol. The molecule has 2 rings (SSSR count). The molecule has 0 saturated heterocycles. The maximum Gasteiger partial charge on any atom is 0.575 e. The van der Waals surface area contributed by atoms with E-state index in [-0.39, 0.29) is 48.2 Å². The van der Waals surface area contributed by atoms with Crippen LogP contribution in [0.15, 0.2) is 0 Å². The zero-order chi connectivity index (χ0) is 33.8. The van der Waals surface area contributed by atoms with Crippen LogP contribution in [0.4, 0.5) is 26.0 Å². The Morgan fingerprint density at radius 1 is 0.800 bits per heavy atom. The van der Waals surface area contributed by atoms with Gasteiger partial charge >= 0.3 is 30.2 Å². The van der Waals surface area contributed by atoms with E-state index in [1.165, 1.54) is 14.2 Å². The van der Waals surface area contributed by atoms with Crippen molar-refractivity contribution in [1.29, 1.82) is 0 Å². The number of carbonyl (C=O) groups excluding carboxylic acids is 2. The summed E-state index contributed by atoms with van der Waals surface area (Å²) in [5.74, 6) is 0.207. The molecule has 2 fully saturated rings. The van der Waals surface area contributed by atoms with Gasteiger partial charge in [-0.25, -0.2) is 26.0 Å². The van der Waals surface area contributed by atoms with Crippen molar-refractivity contribution in [2.75, 3.05) is 27.3 Å². The second kappa shape index (κ2) is 18.2. The van der Waals surface area contributed by atoms with Crippen LogP contribution in [0.25, 0.3) is 0 Å². The Balaban J connectivity index is 1.66. The number of rotatable bonds is 17. The molecule has 2 aliphatic carbocycles. The Hall–Kier alpha value is -1.47. The van der Waals surface area contributed by atoms with E-state index in [0.717, 1.165) is 6.42 Å². The maximum atomic E-state index is 13.0. The van der Waals surface area contributed by atoms with E-state index in [0.29, 0.717) is 58.0 Å². The smallest absolute Gasteiger partial charge is 0.443 e. The topological polar surface area (TPSA) is 136 Å². The molecule has 0 heterocycles. The molecule has 0 aliphatic heterocycles. The minimum Gasteiger partial charge on any atom is -0.443 e. The van der Waals surface area contributed by atoms with Gasteiger partial charge < -0.3 is 39.2 Å². The number of alkyl carbamates (subject to hydrolysis) is 2. The van der Waals surface area contributed by atoms with Gasteiger partial charge in [0, 0.05) is 39.4 Å². The maximum absolute atomic E-state index is 13.0. The Kier molecular flexibility index (Phi) is 16.0. The highest BCUT2D eigenvalue weighted by atomic mass is 28.4. The summed E-state index contributed by atoms with van der Waals surface area (Å²) in [6.07, 6.45) is 2.35. The highest BCUT2D eigenvalue weighted by Gasteiger charge is 2.39. The van der Waals surface area contributed by atoms with Crippen molar-refractivity contribution in [1.82, 2.24) is 10.6 Å². The quantitative estimate of drug-likeness (QED) is 0.0859. The lowest BCUT2D eigenvalue weighted by Gasteiger charge is -2.35. The zero-order valence-corrected chi connectivity index (χ0v) is 29.3. The first-order valence-corrected chi connectivity index (χ1v) is 19.9. The van der Waals surface area contributed by atoms with E-state index in [2.05, 4.69) is 17.6 Å². The second-order valence-corrected chi connectivity index (χ2v) is 17.4. The summed E-state index contributed by atoms with van der Waals surface area (Å²) in [6.45, 7) is 6.88. The molecule has 0 radical (unpaired) electrons. The molecule has 264 valence electrons. The lowest BCUT2D eigenvalue weighted by molar-refractivity contribution is -0.0579. The van der Waals surface area contributed by atoms with Gasteiger partial charge in [0.05, 0.1) is 12.2 Å². The molecule has 7 unspecified atom stereocenters. The largest absolute Gasteiger partial charge is 0.575 e. The van der Waals surface area contributed by atoms with Crippen molar-refractivity contribution in [3.8, 4) is 0 Å². The molecule has 0 spiro atoms. The molecule has 7 atom stereocenters. The van der Waals surface area contributed by atoms with Crippen LogP contribution in [0.5, 0.6) is 0 Å². The van der Waals surface area contributed by atoms with Gasteiger partial charge in [-0.05, 0) is 87.4 Å². The van der Waals surface area contributed by atoms with Crippen molar-refractivity contribution in [3.05, 3.63) is 0 Å². The first-order chi connectivity index (χ1) is 20.9. The van der Waals surface area contributed by atoms with Crippen LogP contribution in [-0.4, -0.2) is 91.5 Å². The summed E-state index contributed by atoms with van der Waals surface area (Å²) in [5.41, 5.74) is -0.260. The molecule has 2 amide bonds. The van der Waals surface area contributed by atoms with Gasteiger partial charge in [0.2, 0.25) is 0 Å². The Morgan fingerprint density at radius 3 is 1.67 bits per heavy atom. The van der Waals surface area contributed by atoms with Crippen molar-refractivity contribution < 1.29 is 54.6 Å². The van der Waals surface area contributed by atoms with Gasteiger partial charge in [0.25, 0.3) is 0 Å². The van der Waals surface area contributed by atoms with E-state index in [9.17, 15) is 26.0 Å². The SMILES string of the molecule is COC1CC(CC[Si](O)(F)F)CCC1OC(=O)NCCC(C)CC(C)(C)CNC(=O)OC1CCC(CC[Si](O)(F)F)CC1OC. The summed E-state index contributed by atoms with van der Waals surface area (Å²) < 4.78 is 73.9. The summed E-state index contributed by atoms with van der Waals surface area (Å²) in [5, 5.41) is 5.61. The number of amides is 2. The fraction of sp³-hybridized carbons (Fsp3) is 0.931. The predicted octanol–water partition coefficient (Wildman–Crippen LogP) is 5.77. The second-order valence-electron chi connectivity index (χ2n) is 13.7. The summed E-state index contributed by atoms with van der Waals surface area (Å²) in [4.78, 5) is 42.7. The molecule has 10 nitrogen and oxygen atoms in total. The lowest BCUT2D eigenvalue weighted by Crippen LogP contribution is -2.43. The third-order valence-electron chi connectivity index (χ3n) is 9.03. The van der Waals surface area contributed by atoms with E-state index in [1.807, 2.05) is 13.8 Å². The average molecular weight is 691 g/mol. The van der Waals surface area contributed by atoms with Gasteiger partial charge in [0.1, 0.15) is 12.2 Å². The molecule has 2 saturated carbocycles.